The molecule has 4 rings (SSSR count). The first kappa shape index (κ1) is 16.9. The molecule has 1 saturated heterocycles. The number of aromatic nitrogens is 2. The fraction of sp³-hybridized carbons (Fsp3) is 0.353. The van der Waals surface area contributed by atoms with Gasteiger partial charge >= 0.3 is 0 Å². The van der Waals surface area contributed by atoms with Crippen LogP contribution in [0.25, 0.3) is 0 Å². The minimum atomic E-state index is -3.72. The highest BCUT2D eigenvalue weighted by atomic mass is 32.2. The van der Waals surface area contributed by atoms with E-state index in [-0.39, 0.29) is 17.0 Å². The Morgan fingerprint density at radius 2 is 1.62 bits per heavy atom. The first-order valence-electron chi connectivity index (χ1n) is 8.48. The van der Waals surface area contributed by atoms with Crippen LogP contribution in [-0.4, -0.2) is 72.8 Å². The van der Waals surface area contributed by atoms with Crippen molar-refractivity contribution in [2.75, 3.05) is 44.2 Å². The number of carbonyl (C=O) groups excluding carboxylic acids is 1. The van der Waals surface area contributed by atoms with E-state index < -0.39 is 15.9 Å². The van der Waals surface area contributed by atoms with E-state index >= 15 is 0 Å². The molecule has 1 aromatic heterocycles. The molecule has 0 spiro atoms. The maximum Gasteiger partial charge on any atom is 0.269 e. The number of amides is 1. The molecule has 136 valence electrons. The smallest absolute Gasteiger partial charge is 0.269 e. The topological polar surface area (TPSA) is 86.7 Å². The van der Waals surface area contributed by atoms with Gasteiger partial charge in [-0.15, -0.1) is 0 Å². The Morgan fingerprint density at radius 1 is 0.923 bits per heavy atom. The van der Waals surface area contributed by atoms with Crippen LogP contribution in [0, 0.1) is 0 Å². The van der Waals surface area contributed by atoms with Gasteiger partial charge in [0.25, 0.3) is 15.9 Å². The van der Waals surface area contributed by atoms with E-state index in [1.807, 2.05) is 0 Å². The lowest BCUT2D eigenvalue weighted by Crippen LogP contribution is -2.49. The molecule has 26 heavy (non-hydrogen) atoms. The zero-order valence-electron chi connectivity index (χ0n) is 14.2. The molecular weight excluding hydrogens is 354 g/mol. The second kappa shape index (κ2) is 6.65. The first-order valence-corrected chi connectivity index (χ1v) is 9.92. The molecule has 0 bridgehead atoms. The van der Waals surface area contributed by atoms with Gasteiger partial charge in [-0.25, -0.2) is 22.7 Å². The van der Waals surface area contributed by atoms with E-state index in [9.17, 15) is 13.2 Å². The minimum Gasteiger partial charge on any atom is -0.338 e. The Kier molecular flexibility index (Phi) is 4.33. The number of benzene rings is 1. The molecule has 1 amide bonds. The normalized spacial score (nSPS) is 19.6. The number of nitrogens with zero attached hydrogens (tertiary/aromatic N) is 5. The third-order valence-electron chi connectivity index (χ3n) is 4.74. The Morgan fingerprint density at radius 3 is 2.31 bits per heavy atom. The van der Waals surface area contributed by atoms with E-state index in [1.165, 1.54) is 6.07 Å². The van der Waals surface area contributed by atoms with Gasteiger partial charge in [0.1, 0.15) is 4.90 Å². The van der Waals surface area contributed by atoms with E-state index in [1.54, 1.807) is 36.7 Å². The fourth-order valence-electron chi connectivity index (χ4n) is 3.31. The minimum absolute atomic E-state index is 0.107. The molecule has 0 N–H and O–H groups in total. The van der Waals surface area contributed by atoms with Gasteiger partial charge in [0.15, 0.2) is 0 Å². The van der Waals surface area contributed by atoms with Gasteiger partial charge < -0.3 is 4.90 Å². The summed E-state index contributed by atoms with van der Waals surface area (Å²) >= 11 is 0. The average Bonchev–Trinajstić information content (AvgIpc) is 2.88. The van der Waals surface area contributed by atoms with Crippen LogP contribution in [0.5, 0.6) is 0 Å². The lowest BCUT2D eigenvalue weighted by molar-refractivity contribution is 0.0858. The molecule has 0 unspecified atom stereocenters. The van der Waals surface area contributed by atoms with Gasteiger partial charge in [-0.3, -0.25) is 9.69 Å². The molecule has 0 aliphatic carbocycles. The zero-order valence-corrected chi connectivity index (χ0v) is 15.0. The molecule has 2 aliphatic heterocycles. The highest BCUT2D eigenvalue weighted by Crippen LogP contribution is 2.29. The predicted molar refractivity (Wildman–Crippen MR) is 95.3 cm³/mol. The summed E-state index contributed by atoms with van der Waals surface area (Å²) in [5, 5.41) is 0. The van der Waals surface area contributed by atoms with Crippen molar-refractivity contribution in [3.63, 3.8) is 0 Å². The van der Waals surface area contributed by atoms with E-state index in [0.717, 1.165) is 30.5 Å². The fourth-order valence-corrected chi connectivity index (χ4v) is 4.87. The average molecular weight is 373 g/mol. The summed E-state index contributed by atoms with van der Waals surface area (Å²) in [4.78, 5) is 25.3. The number of sulfonamides is 1. The Bertz CT molecular complexity index is 911. The van der Waals surface area contributed by atoms with Crippen molar-refractivity contribution in [2.24, 2.45) is 0 Å². The third kappa shape index (κ3) is 2.93. The van der Waals surface area contributed by atoms with Crippen molar-refractivity contribution < 1.29 is 13.2 Å². The zero-order chi connectivity index (χ0) is 18.1. The molecule has 0 radical (unpaired) electrons. The van der Waals surface area contributed by atoms with Crippen molar-refractivity contribution in [1.82, 2.24) is 19.2 Å². The summed E-state index contributed by atoms with van der Waals surface area (Å²) in [7, 11) is -3.72. The van der Waals surface area contributed by atoms with E-state index in [2.05, 4.69) is 19.8 Å². The number of rotatable bonds is 4. The molecule has 0 atom stereocenters. The van der Waals surface area contributed by atoms with Crippen LogP contribution in [0.15, 0.2) is 47.6 Å². The van der Waals surface area contributed by atoms with Crippen LogP contribution in [0.3, 0.4) is 0 Å². The van der Waals surface area contributed by atoms with Crippen molar-refractivity contribution >= 4 is 21.9 Å². The highest BCUT2D eigenvalue weighted by Gasteiger charge is 2.40. The lowest BCUT2D eigenvalue weighted by Gasteiger charge is -2.35. The number of hydrogen-bond donors (Lipinski definition) is 0. The lowest BCUT2D eigenvalue weighted by atomic mass is 10.2. The standard InChI is InChI=1S/C17H19N5O3S/c23-16-14-4-1-2-5-15(14)26(24,25)22(16)13-10-20-8-11-21(12-9-20)17-18-6-3-7-19-17/h1-7H,8-13H2. The Balaban J connectivity index is 1.37. The third-order valence-corrected chi connectivity index (χ3v) is 6.58. The number of anilines is 1. The maximum absolute atomic E-state index is 12.6. The SMILES string of the molecule is O=C1c2ccccc2S(=O)(=O)N1CCN1CCN(c2ncccn2)CC1. The molecule has 2 aliphatic rings. The monoisotopic (exact) mass is 373 g/mol. The molecule has 2 aromatic rings. The number of piperazine rings is 1. The van der Waals surface area contributed by atoms with Crippen molar-refractivity contribution in [3.8, 4) is 0 Å². The van der Waals surface area contributed by atoms with Gasteiger partial charge in [-0.2, -0.15) is 0 Å². The second-order valence-electron chi connectivity index (χ2n) is 6.26. The van der Waals surface area contributed by atoms with E-state index in [0.29, 0.717) is 12.5 Å². The summed E-state index contributed by atoms with van der Waals surface area (Å²) in [6.07, 6.45) is 3.44. The molecule has 3 heterocycles. The quantitative estimate of drug-likeness (QED) is 0.769. The summed E-state index contributed by atoms with van der Waals surface area (Å²) < 4.78 is 26.1. The number of carbonyl (C=O) groups is 1. The summed E-state index contributed by atoms with van der Waals surface area (Å²) in [6, 6.07) is 8.15. The maximum atomic E-state index is 12.6. The highest BCUT2D eigenvalue weighted by molar-refractivity contribution is 7.90. The van der Waals surface area contributed by atoms with Crippen LogP contribution in [0.4, 0.5) is 5.95 Å². The van der Waals surface area contributed by atoms with Crippen molar-refractivity contribution in [2.45, 2.75) is 4.90 Å². The van der Waals surface area contributed by atoms with Crippen LogP contribution in [0.1, 0.15) is 10.4 Å². The molecule has 9 heteroatoms. The molecule has 8 nitrogen and oxygen atoms in total. The van der Waals surface area contributed by atoms with Crippen molar-refractivity contribution in [3.05, 3.63) is 48.3 Å². The van der Waals surface area contributed by atoms with Crippen LogP contribution in [0.2, 0.25) is 0 Å². The van der Waals surface area contributed by atoms with Crippen LogP contribution < -0.4 is 4.90 Å². The Hall–Kier alpha value is -2.52. The van der Waals surface area contributed by atoms with Gasteiger partial charge in [-0.1, -0.05) is 12.1 Å². The second-order valence-corrected chi connectivity index (χ2v) is 8.09. The molecule has 1 aromatic carbocycles. The van der Waals surface area contributed by atoms with Gasteiger partial charge in [-0.05, 0) is 18.2 Å². The predicted octanol–water partition coefficient (Wildman–Crippen LogP) is 0.443. The molecule has 0 saturated carbocycles. The largest absolute Gasteiger partial charge is 0.338 e. The van der Waals surface area contributed by atoms with Crippen LogP contribution in [-0.2, 0) is 10.0 Å². The van der Waals surface area contributed by atoms with Gasteiger partial charge in [0.2, 0.25) is 5.95 Å². The number of hydrogen-bond acceptors (Lipinski definition) is 7. The first-order chi connectivity index (χ1) is 12.6. The molecule has 1 fully saturated rings. The summed E-state index contributed by atoms with van der Waals surface area (Å²) in [5.74, 6) is 0.275. The van der Waals surface area contributed by atoms with E-state index in [4.69, 9.17) is 0 Å². The van der Waals surface area contributed by atoms with Gasteiger partial charge in [0, 0.05) is 45.1 Å². The van der Waals surface area contributed by atoms with Gasteiger partial charge in [0.05, 0.1) is 12.1 Å². The number of fused-ring (bicyclic) bond motifs is 1. The summed E-state index contributed by atoms with van der Waals surface area (Å²) in [6.45, 7) is 3.76. The summed E-state index contributed by atoms with van der Waals surface area (Å²) in [5.41, 5.74) is 0.263. The molecular formula is C17H19N5O3S. The van der Waals surface area contributed by atoms with Crippen molar-refractivity contribution in [1.29, 1.82) is 0 Å². The van der Waals surface area contributed by atoms with Crippen LogP contribution >= 0.6 is 0 Å². The Labute approximate surface area is 152 Å².